The highest BCUT2D eigenvalue weighted by Crippen LogP contribution is 2.13. The molecule has 0 unspecified atom stereocenters. The number of esters is 2. The van der Waals surface area contributed by atoms with Gasteiger partial charge in [0.1, 0.15) is 31.1 Å². The molecule has 10 heteroatoms. The van der Waals surface area contributed by atoms with E-state index < -0.39 is 17.5 Å². The molecule has 0 spiro atoms. The van der Waals surface area contributed by atoms with Crippen molar-refractivity contribution >= 4 is 17.8 Å². The fourth-order valence-corrected chi connectivity index (χ4v) is 3.09. The highest BCUT2D eigenvalue weighted by Gasteiger charge is 2.17. The zero-order valence-corrected chi connectivity index (χ0v) is 22.9. The fraction of sp³-hybridized carbons (Fsp3) is 0.483. The topological polar surface area (TPSA) is 119 Å². The number of benzene rings is 2. The molecule has 2 aromatic rings. The average molecular weight is 546 g/mol. The number of carbonyl (C=O) groups is 3. The molecule has 214 valence electrons. The predicted molar refractivity (Wildman–Crippen MR) is 143 cm³/mol. The molecule has 0 bridgehead atoms. The van der Waals surface area contributed by atoms with Crippen molar-refractivity contribution in [2.75, 3.05) is 52.8 Å². The molecule has 2 aromatic carbocycles. The molecule has 0 aromatic heterocycles. The number of hydrogen-bond donors (Lipinski definition) is 1. The van der Waals surface area contributed by atoms with E-state index in [2.05, 4.69) is 5.32 Å². The van der Waals surface area contributed by atoms with Crippen LogP contribution < -0.4 is 10.1 Å². The lowest BCUT2D eigenvalue weighted by Crippen LogP contribution is -2.34. The van der Waals surface area contributed by atoms with E-state index in [1.54, 1.807) is 45.0 Å². The fourth-order valence-electron chi connectivity index (χ4n) is 3.09. The van der Waals surface area contributed by atoms with Gasteiger partial charge in [0.15, 0.2) is 0 Å². The van der Waals surface area contributed by atoms with Gasteiger partial charge in [0.25, 0.3) is 5.91 Å². The van der Waals surface area contributed by atoms with E-state index in [1.807, 2.05) is 30.3 Å². The third-order valence-corrected chi connectivity index (χ3v) is 4.84. The van der Waals surface area contributed by atoms with Gasteiger partial charge in [-0.05, 0) is 44.5 Å². The van der Waals surface area contributed by atoms with Crippen LogP contribution in [0.25, 0.3) is 0 Å². The van der Waals surface area contributed by atoms with Crippen molar-refractivity contribution in [2.24, 2.45) is 0 Å². The monoisotopic (exact) mass is 545 g/mol. The van der Waals surface area contributed by atoms with Gasteiger partial charge in [-0.3, -0.25) is 14.4 Å². The summed E-state index contributed by atoms with van der Waals surface area (Å²) in [5, 5.41) is 2.54. The van der Waals surface area contributed by atoms with Crippen LogP contribution in [0.1, 0.15) is 43.1 Å². The predicted octanol–water partition coefficient (Wildman–Crippen LogP) is 3.32. The standard InChI is InChI=1S/C29H39NO9/c1-29(2,3)39-27(32)21-30-28(33)24-10-7-11-25(20-24)37-19-18-36-17-16-35-15-14-34-13-12-26(31)38-22-23-8-5-4-6-9-23/h4-11,20H,12-19,21-22H2,1-3H3,(H,30,33). The van der Waals surface area contributed by atoms with Crippen molar-refractivity contribution in [1.29, 1.82) is 0 Å². The molecular weight excluding hydrogens is 506 g/mol. The van der Waals surface area contributed by atoms with Crippen molar-refractivity contribution in [3.8, 4) is 5.75 Å². The Labute approximate surface area is 229 Å². The quantitative estimate of drug-likeness (QED) is 0.222. The second kappa shape index (κ2) is 17.9. The lowest BCUT2D eigenvalue weighted by molar-refractivity contribution is -0.153. The molecule has 0 aliphatic heterocycles. The summed E-state index contributed by atoms with van der Waals surface area (Å²) in [6.45, 7) is 7.80. The van der Waals surface area contributed by atoms with Crippen LogP contribution in [0.3, 0.4) is 0 Å². The van der Waals surface area contributed by atoms with Gasteiger partial charge in [-0.1, -0.05) is 36.4 Å². The van der Waals surface area contributed by atoms with Crippen molar-refractivity contribution in [2.45, 2.75) is 39.4 Å². The second-order valence-corrected chi connectivity index (χ2v) is 9.38. The van der Waals surface area contributed by atoms with Gasteiger partial charge < -0.3 is 33.7 Å². The molecule has 0 radical (unpaired) electrons. The number of amides is 1. The van der Waals surface area contributed by atoms with Crippen molar-refractivity contribution in [1.82, 2.24) is 5.32 Å². The van der Waals surface area contributed by atoms with Gasteiger partial charge in [0, 0.05) is 5.56 Å². The Morgan fingerprint density at radius 1 is 0.744 bits per heavy atom. The summed E-state index contributed by atoms with van der Waals surface area (Å²) in [5.74, 6) is -0.690. The molecule has 2 rings (SSSR count). The molecule has 0 aliphatic carbocycles. The van der Waals surface area contributed by atoms with Crippen molar-refractivity contribution in [3.05, 3.63) is 65.7 Å². The lowest BCUT2D eigenvalue weighted by Gasteiger charge is -2.19. The maximum absolute atomic E-state index is 12.3. The smallest absolute Gasteiger partial charge is 0.325 e. The molecule has 0 saturated heterocycles. The molecular formula is C29H39NO9. The largest absolute Gasteiger partial charge is 0.491 e. The van der Waals surface area contributed by atoms with E-state index in [9.17, 15) is 14.4 Å². The minimum Gasteiger partial charge on any atom is -0.491 e. The Hall–Kier alpha value is -3.47. The van der Waals surface area contributed by atoms with Crippen LogP contribution in [0, 0.1) is 0 Å². The molecule has 10 nitrogen and oxygen atoms in total. The minimum atomic E-state index is -0.611. The van der Waals surface area contributed by atoms with E-state index in [4.69, 9.17) is 28.4 Å². The number of rotatable bonds is 18. The van der Waals surface area contributed by atoms with Crippen LogP contribution in [0.15, 0.2) is 54.6 Å². The number of nitrogens with one attached hydrogen (secondary N) is 1. The molecule has 0 fully saturated rings. The van der Waals surface area contributed by atoms with Gasteiger partial charge >= 0.3 is 11.9 Å². The molecule has 39 heavy (non-hydrogen) atoms. The Morgan fingerprint density at radius 2 is 1.38 bits per heavy atom. The maximum Gasteiger partial charge on any atom is 0.325 e. The first-order valence-corrected chi connectivity index (χ1v) is 12.9. The van der Waals surface area contributed by atoms with Crippen LogP contribution in [-0.2, 0) is 39.9 Å². The first-order chi connectivity index (χ1) is 18.7. The normalized spacial score (nSPS) is 11.1. The van der Waals surface area contributed by atoms with Gasteiger partial charge in [0.2, 0.25) is 0 Å². The Balaban J connectivity index is 1.44. The summed E-state index contributed by atoms with van der Waals surface area (Å²) in [6, 6.07) is 16.2. The van der Waals surface area contributed by atoms with Crippen LogP contribution in [0.5, 0.6) is 5.75 Å². The molecule has 0 saturated carbocycles. The van der Waals surface area contributed by atoms with Crippen LogP contribution in [-0.4, -0.2) is 76.2 Å². The van der Waals surface area contributed by atoms with Crippen molar-refractivity contribution < 1.29 is 42.8 Å². The summed E-state index contributed by atoms with van der Waals surface area (Å²) in [6.07, 6.45) is 0.190. The molecule has 0 aliphatic rings. The molecule has 1 amide bonds. The second-order valence-electron chi connectivity index (χ2n) is 9.38. The zero-order valence-electron chi connectivity index (χ0n) is 22.9. The highest BCUT2D eigenvalue weighted by atomic mass is 16.6. The van der Waals surface area contributed by atoms with E-state index in [-0.39, 0.29) is 32.1 Å². The number of hydrogen-bond acceptors (Lipinski definition) is 9. The van der Waals surface area contributed by atoms with Gasteiger partial charge in [-0.15, -0.1) is 0 Å². The molecule has 1 N–H and O–H groups in total. The zero-order chi connectivity index (χ0) is 28.3. The Morgan fingerprint density at radius 3 is 2.05 bits per heavy atom. The first kappa shape index (κ1) is 31.7. The summed E-state index contributed by atoms with van der Waals surface area (Å²) >= 11 is 0. The van der Waals surface area contributed by atoms with Gasteiger partial charge in [-0.2, -0.15) is 0 Å². The van der Waals surface area contributed by atoms with Crippen LogP contribution in [0.2, 0.25) is 0 Å². The number of ether oxygens (including phenoxy) is 6. The first-order valence-electron chi connectivity index (χ1n) is 12.9. The molecule has 0 heterocycles. The van der Waals surface area contributed by atoms with E-state index in [1.165, 1.54) is 0 Å². The average Bonchev–Trinajstić information content (AvgIpc) is 2.91. The lowest BCUT2D eigenvalue weighted by atomic mass is 10.2. The highest BCUT2D eigenvalue weighted by molar-refractivity contribution is 5.96. The third kappa shape index (κ3) is 15.5. The summed E-state index contributed by atoms with van der Waals surface area (Å²) < 4.78 is 32.3. The summed E-state index contributed by atoms with van der Waals surface area (Å²) in [7, 11) is 0. The maximum atomic E-state index is 12.3. The van der Waals surface area contributed by atoms with E-state index in [0.29, 0.717) is 51.0 Å². The minimum absolute atomic E-state index is 0.190. The Bertz CT molecular complexity index is 1010. The van der Waals surface area contributed by atoms with Crippen LogP contribution in [0.4, 0.5) is 0 Å². The summed E-state index contributed by atoms with van der Waals surface area (Å²) in [5.41, 5.74) is 0.706. The number of carbonyl (C=O) groups excluding carboxylic acids is 3. The summed E-state index contributed by atoms with van der Waals surface area (Å²) in [4.78, 5) is 35.8. The SMILES string of the molecule is CC(C)(C)OC(=O)CNC(=O)c1cccc(OCCOCCOCCOCCC(=O)OCc2ccccc2)c1. The van der Waals surface area contributed by atoms with E-state index >= 15 is 0 Å². The van der Waals surface area contributed by atoms with E-state index in [0.717, 1.165) is 5.56 Å². The molecule has 0 atom stereocenters. The third-order valence-electron chi connectivity index (χ3n) is 4.84. The van der Waals surface area contributed by atoms with Gasteiger partial charge in [-0.25, -0.2) is 0 Å². The van der Waals surface area contributed by atoms with Gasteiger partial charge in [0.05, 0.1) is 46.1 Å². The van der Waals surface area contributed by atoms with Crippen molar-refractivity contribution in [3.63, 3.8) is 0 Å². The van der Waals surface area contributed by atoms with Crippen LogP contribution >= 0.6 is 0 Å². The Kier molecular flexibility index (Phi) is 14.6.